The zero-order valence-electron chi connectivity index (χ0n) is 12.4. The molecule has 1 aliphatic rings. The lowest BCUT2D eigenvalue weighted by atomic mass is 10.0. The number of imide groups is 1. The Morgan fingerprint density at radius 2 is 2.09 bits per heavy atom. The van der Waals surface area contributed by atoms with Gasteiger partial charge in [0.25, 0.3) is 5.91 Å². The number of rotatable bonds is 5. The summed E-state index contributed by atoms with van der Waals surface area (Å²) in [6, 6.07) is 6.90. The van der Waals surface area contributed by atoms with Gasteiger partial charge in [-0.05, 0) is 24.5 Å². The minimum atomic E-state index is -0.565. The van der Waals surface area contributed by atoms with Crippen LogP contribution in [0.3, 0.4) is 0 Å². The van der Waals surface area contributed by atoms with Crippen LogP contribution in [0.5, 0.6) is 0 Å². The first kappa shape index (κ1) is 16.0. The molecule has 3 amide bonds. The monoisotopic (exact) mass is 304 g/mol. The maximum Gasteiger partial charge on any atom is 0.322 e. The molecule has 0 radical (unpaired) electrons. The second-order valence-corrected chi connectivity index (χ2v) is 5.02. The topological polar surface area (TPSA) is 87.7 Å². The van der Waals surface area contributed by atoms with E-state index in [2.05, 4.69) is 10.6 Å². The Kier molecular flexibility index (Phi) is 5.55. The number of carbonyl (C=O) groups is 2. The highest BCUT2D eigenvalue weighted by Gasteiger charge is 2.31. The molecule has 0 fully saturated rings. The molecule has 1 aromatic rings. The third-order valence-corrected chi connectivity index (χ3v) is 3.58. The quantitative estimate of drug-likeness (QED) is 0.569. The minimum absolute atomic E-state index is 0.00931. The van der Waals surface area contributed by atoms with Crippen LogP contribution in [0.2, 0.25) is 0 Å². The van der Waals surface area contributed by atoms with E-state index in [4.69, 9.17) is 4.74 Å². The van der Waals surface area contributed by atoms with Crippen molar-refractivity contribution in [1.82, 2.24) is 10.6 Å². The van der Waals surface area contributed by atoms with Gasteiger partial charge in [-0.2, -0.15) is 0 Å². The van der Waals surface area contributed by atoms with Crippen molar-refractivity contribution in [1.29, 1.82) is 0 Å². The van der Waals surface area contributed by atoms with Crippen molar-refractivity contribution in [3.63, 3.8) is 0 Å². The molecule has 6 heteroatoms. The molecule has 6 nitrogen and oxygen atoms in total. The third-order valence-electron chi connectivity index (χ3n) is 3.58. The Balaban J connectivity index is 1.94. The maximum absolute atomic E-state index is 11.9. The molecular formula is C16H20N2O4. The van der Waals surface area contributed by atoms with Crippen molar-refractivity contribution >= 4 is 11.9 Å². The Bertz CT molecular complexity index is 571. The van der Waals surface area contributed by atoms with Gasteiger partial charge in [0.05, 0.1) is 25.5 Å². The fourth-order valence-electron chi connectivity index (χ4n) is 2.60. The average molecular weight is 304 g/mol. The van der Waals surface area contributed by atoms with Gasteiger partial charge in [-0.15, -0.1) is 0 Å². The van der Waals surface area contributed by atoms with Crippen molar-refractivity contribution in [2.24, 2.45) is 0 Å². The number of fused-ring (bicyclic) bond motifs is 1. The van der Waals surface area contributed by atoms with Gasteiger partial charge in [0.15, 0.2) is 0 Å². The standard InChI is InChI=1S/C16H20N2O4/c1-2-22-8-7-15(20)18-16(21)17-14-9-11(10-19)12-5-3-4-6-13(12)14/h3-8,11,14,19H,2,9-10H2,1H3,(H2,17,18,20,21)/b8-7+/t11-,14-/m1/s1. The molecule has 1 aliphatic carbocycles. The number of carbonyl (C=O) groups excluding carboxylic acids is 2. The predicted molar refractivity (Wildman–Crippen MR) is 81.1 cm³/mol. The van der Waals surface area contributed by atoms with Gasteiger partial charge in [0, 0.05) is 12.0 Å². The van der Waals surface area contributed by atoms with E-state index >= 15 is 0 Å². The molecule has 0 spiro atoms. The van der Waals surface area contributed by atoms with E-state index in [1.165, 1.54) is 6.26 Å². The Morgan fingerprint density at radius 1 is 1.36 bits per heavy atom. The number of benzene rings is 1. The Hall–Kier alpha value is -2.34. The second kappa shape index (κ2) is 7.61. The lowest BCUT2D eigenvalue weighted by Crippen LogP contribution is -2.40. The molecule has 3 N–H and O–H groups in total. The summed E-state index contributed by atoms with van der Waals surface area (Å²) < 4.78 is 4.89. The van der Waals surface area contributed by atoms with Crippen molar-refractivity contribution in [3.05, 3.63) is 47.7 Å². The molecule has 0 bridgehead atoms. The largest absolute Gasteiger partial charge is 0.501 e. The molecule has 0 saturated heterocycles. The summed E-state index contributed by atoms with van der Waals surface area (Å²) in [5.41, 5.74) is 2.02. The summed E-state index contributed by atoms with van der Waals surface area (Å²) in [5.74, 6) is -0.536. The van der Waals surface area contributed by atoms with Crippen LogP contribution in [0.15, 0.2) is 36.6 Å². The Morgan fingerprint density at radius 3 is 2.77 bits per heavy atom. The molecule has 0 aliphatic heterocycles. The third kappa shape index (κ3) is 3.85. The normalized spacial score (nSPS) is 19.7. The summed E-state index contributed by atoms with van der Waals surface area (Å²) in [4.78, 5) is 23.4. The first-order chi connectivity index (χ1) is 10.7. The van der Waals surface area contributed by atoms with Crippen LogP contribution in [0.4, 0.5) is 4.79 Å². The van der Waals surface area contributed by atoms with E-state index in [-0.39, 0.29) is 18.6 Å². The number of hydrogen-bond donors (Lipinski definition) is 3. The van der Waals surface area contributed by atoms with E-state index in [1.807, 2.05) is 24.3 Å². The molecular weight excluding hydrogens is 284 g/mol. The van der Waals surface area contributed by atoms with Crippen molar-refractivity contribution in [2.75, 3.05) is 13.2 Å². The van der Waals surface area contributed by atoms with Crippen LogP contribution in [-0.4, -0.2) is 30.3 Å². The SMILES string of the molecule is CCO/C=C/C(=O)NC(=O)N[C@@H]1C[C@H](CO)c2ccccc21. The van der Waals surface area contributed by atoms with Crippen LogP contribution in [0.25, 0.3) is 0 Å². The van der Waals surface area contributed by atoms with E-state index in [1.54, 1.807) is 6.92 Å². The van der Waals surface area contributed by atoms with Gasteiger partial charge in [-0.3, -0.25) is 10.1 Å². The molecule has 0 saturated carbocycles. The highest BCUT2D eigenvalue weighted by Crippen LogP contribution is 2.39. The predicted octanol–water partition coefficient (Wildman–Crippen LogP) is 1.58. The molecule has 118 valence electrons. The molecule has 22 heavy (non-hydrogen) atoms. The Labute approximate surface area is 129 Å². The first-order valence-electron chi connectivity index (χ1n) is 7.25. The van der Waals surface area contributed by atoms with Crippen molar-refractivity contribution < 1.29 is 19.4 Å². The zero-order chi connectivity index (χ0) is 15.9. The van der Waals surface area contributed by atoms with Gasteiger partial charge >= 0.3 is 6.03 Å². The second-order valence-electron chi connectivity index (χ2n) is 5.02. The number of amides is 3. The number of hydrogen-bond acceptors (Lipinski definition) is 4. The average Bonchev–Trinajstić information content (AvgIpc) is 2.85. The molecule has 0 unspecified atom stereocenters. The van der Waals surface area contributed by atoms with Gasteiger partial charge in [0.2, 0.25) is 0 Å². The van der Waals surface area contributed by atoms with E-state index in [9.17, 15) is 14.7 Å². The fourth-order valence-corrected chi connectivity index (χ4v) is 2.60. The van der Waals surface area contributed by atoms with E-state index in [0.717, 1.165) is 17.2 Å². The van der Waals surface area contributed by atoms with Crippen LogP contribution >= 0.6 is 0 Å². The van der Waals surface area contributed by atoms with Crippen molar-refractivity contribution in [2.45, 2.75) is 25.3 Å². The highest BCUT2D eigenvalue weighted by molar-refractivity contribution is 6.00. The number of ether oxygens (including phenoxy) is 1. The van der Waals surface area contributed by atoms with Crippen LogP contribution < -0.4 is 10.6 Å². The lowest BCUT2D eigenvalue weighted by molar-refractivity contribution is -0.115. The van der Waals surface area contributed by atoms with Crippen LogP contribution in [0.1, 0.15) is 36.4 Å². The van der Waals surface area contributed by atoms with E-state index < -0.39 is 11.9 Å². The summed E-state index contributed by atoms with van der Waals surface area (Å²) >= 11 is 0. The number of aliphatic hydroxyl groups excluding tert-OH is 1. The minimum Gasteiger partial charge on any atom is -0.501 e. The summed E-state index contributed by atoms with van der Waals surface area (Å²) in [5, 5.41) is 14.4. The maximum atomic E-state index is 11.9. The summed E-state index contributed by atoms with van der Waals surface area (Å²) in [7, 11) is 0. The number of aliphatic hydroxyl groups is 1. The fraction of sp³-hybridized carbons (Fsp3) is 0.375. The van der Waals surface area contributed by atoms with Gasteiger partial charge in [-0.25, -0.2) is 4.79 Å². The number of urea groups is 1. The summed E-state index contributed by atoms with van der Waals surface area (Å²) in [6.45, 7) is 2.29. The zero-order valence-corrected chi connectivity index (χ0v) is 12.4. The van der Waals surface area contributed by atoms with Crippen molar-refractivity contribution in [3.8, 4) is 0 Å². The van der Waals surface area contributed by atoms with E-state index in [0.29, 0.717) is 13.0 Å². The van der Waals surface area contributed by atoms with Gasteiger partial charge < -0.3 is 15.2 Å². The smallest absolute Gasteiger partial charge is 0.322 e. The molecule has 2 rings (SSSR count). The molecule has 0 heterocycles. The summed E-state index contributed by atoms with van der Waals surface area (Å²) in [6.07, 6.45) is 3.02. The van der Waals surface area contributed by atoms with Crippen LogP contribution in [0, 0.1) is 0 Å². The molecule has 2 atom stereocenters. The first-order valence-corrected chi connectivity index (χ1v) is 7.25. The highest BCUT2D eigenvalue weighted by atomic mass is 16.5. The number of nitrogens with one attached hydrogen (secondary N) is 2. The van der Waals surface area contributed by atoms with Crippen LogP contribution in [-0.2, 0) is 9.53 Å². The lowest BCUT2D eigenvalue weighted by Gasteiger charge is -2.14. The van der Waals surface area contributed by atoms with Gasteiger partial charge in [0.1, 0.15) is 0 Å². The molecule has 0 aromatic heterocycles. The molecule has 1 aromatic carbocycles. The van der Waals surface area contributed by atoms with Gasteiger partial charge in [-0.1, -0.05) is 24.3 Å².